The van der Waals surface area contributed by atoms with E-state index >= 15 is 0 Å². The number of halogens is 3. The van der Waals surface area contributed by atoms with Crippen molar-refractivity contribution >= 4 is 12.0 Å². The molecule has 1 fully saturated rings. The highest BCUT2D eigenvalue weighted by molar-refractivity contribution is 5.87. The maximum absolute atomic E-state index is 12.9. The average molecular weight is 360 g/mol. The minimum atomic E-state index is -4.55. The Labute approximate surface area is 142 Å². The summed E-state index contributed by atoms with van der Waals surface area (Å²) in [6.45, 7) is 2.53. The summed E-state index contributed by atoms with van der Waals surface area (Å²) in [5, 5.41) is 11.4. The summed E-state index contributed by atoms with van der Waals surface area (Å²) in [7, 11) is 0. The fourth-order valence-corrected chi connectivity index (χ4v) is 2.56. The van der Waals surface area contributed by atoms with Crippen LogP contribution in [0.25, 0.3) is 0 Å². The standard InChI is InChI=1S/C16H19F3N2O4/c1-15(2)9-21(8-12(25-15)16(17,18)19)14(24)20-7-10-3-5-11(6-4-10)13(22)23/h3-6,12H,7-9H2,1-2H3,(H,20,24)(H,22,23). The normalized spacial score (nSPS) is 20.2. The lowest BCUT2D eigenvalue weighted by atomic mass is 10.1. The van der Waals surface area contributed by atoms with Gasteiger partial charge in [0.15, 0.2) is 6.10 Å². The number of aromatic carboxylic acids is 1. The molecular weight excluding hydrogens is 341 g/mol. The van der Waals surface area contributed by atoms with Crippen molar-refractivity contribution < 1.29 is 32.6 Å². The monoisotopic (exact) mass is 360 g/mol. The van der Waals surface area contributed by atoms with Crippen LogP contribution >= 0.6 is 0 Å². The largest absolute Gasteiger partial charge is 0.478 e. The van der Waals surface area contributed by atoms with Gasteiger partial charge in [0.2, 0.25) is 0 Å². The second-order valence-electron chi connectivity index (χ2n) is 6.45. The third-order valence-electron chi connectivity index (χ3n) is 3.72. The number of rotatable bonds is 3. The number of amides is 2. The molecule has 1 aliphatic heterocycles. The fraction of sp³-hybridized carbons (Fsp3) is 0.500. The summed E-state index contributed by atoms with van der Waals surface area (Å²) >= 11 is 0. The van der Waals surface area contributed by atoms with Gasteiger partial charge in [-0.25, -0.2) is 9.59 Å². The van der Waals surface area contributed by atoms with E-state index < -0.39 is 36.4 Å². The van der Waals surface area contributed by atoms with Crippen LogP contribution in [0.1, 0.15) is 29.8 Å². The summed E-state index contributed by atoms with van der Waals surface area (Å²) in [4.78, 5) is 24.1. The number of urea groups is 1. The highest BCUT2D eigenvalue weighted by atomic mass is 19.4. The van der Waals surface area contributed by atoms with Gasteiger partial charge in [0.25, 0.3) is 0 Å². The lowest BCUT2D eigenvalue weighted by Crippen LogP contribution is -2.60. The van der Waals surface area contributed by atoms with Crippen molar-refractivity contribution in [2.75, 3.05) is 13.1 Å². The van der Waals surface area contributed by atoms with Gasteiger partial charge in [0.1, 0.15) is 0 Å². The molecule has 1 aromatic rings. The molecule has 9 heteroatoms. The van der Waals surface area contributed by atoms with Crippen LogP contribution in [0, 0.1) is 0 Å². The number of benzene rings is 1. The minimum absolute atomic E-state index is 0.0311. The first kappa shape index (κ1) is 19.0. The number of hydrogen-bond donors (Lipinski definition) is 2. The van der Waals surface area contributed by atoms with Gasteiger partial charge in [-0.05, 0) is 31.5 Å². The molecule has 138 valence electrons. The van der Waals surface area contributed by atoms with Gasteiger partial charge in [0, 0.05) is 6.54 Å². The van der Waals surface area contributed by atoms with Crippen LogP contribution in [0.5, 0.6) is 0 Å². The van der Waals surface area contributed by atoms with Crippen molar-refractivity contribution in [1.29, 1.82) is 0 Å². The molecular formula is C16H19F3N2O4. The van der Waals surface area contributed by atoms with Crippen molar-refractivity contribution in [3.63, 3.8) is 0 Å². The summed E-state index contributed by atoms with van der Waals surface area (Å²) in [5.41, 5.74) is -0.366. The number of morpholine rings is 1. The zero-order chi connectivity index (χ0) is 18.8. The topological polar surface area (TPSA) is 78.9 Å². The van der Waals surface area contributed by atoms with Crippen LogP contribution in [0.4, 0.5) is 18.0 Å². The van der Waals surface area contributed by atoms with Crippen molar-refractivity contribution in [2.24, 2.45) is 0 Å². The second-order valence-corrected chi connectivity index (χ2v) is 6.45. The smallest absolute Gasteiger partial charge is 0.416 e. The van der Waals surface area contributed by atoms with Gasteiger partial charge in [-0.3, -0.25) is 0 Å². The first-order valence-corrected chi connectivity index (χ1v) is 7.57. The third kappa shape index (κ3) is 5.09. The number of ether oxygens (including phenoxy) is 1. The number of hydrogen-bond acceptors (Lipinski definition) is 3. The van der Waals surface area contributed by atoms with Crippen LogP contribution in [0.2, 0.25) is 0 Å². The highest BCUT2D eigenvalue weighted by Crippen LogP contribution is 2.31. The average Bonchev–Trinajstić information content (AvgIpc) is 2.50. The zero-order valence-corrected chi connectivity index (χ0v) is 13.8. The van der Waals surface area contributed by atoms with Gasteiger partial charge in [-0.2, -0.15) is 13.2 Å². The Hall–Kier alpha value is -2.29. The molecule has 0 spiro atoms. The minimum Gasteiger partial charge on any atom is -0.478 e. The molecule has 0 aromatic heterocycles. The van der Waals surface area contributed by atoms with Crippen LogP contribution in [0.15, 0.2) is 24.3 Å². The Morgan fingerprint density at radius 1 is 1.32 bits per heavy atom. The predicted octanol–water partition coefficient (Wildman–Crippen LogP) is 2.64. The van der Waals surface area contributed by atoms with E-state index in [4.69, 9.17) is 9.84 Å². The third-order valence-corrected chi connectivity index (χ3v) is 3.72. The molecule has 0 saturated carbocycles. The van der Waals surface area contributed by atoms with Crippen molar-refractivity contribution in [3.8, 4) is 0 Å². The first-order chi connectivity index (χ1) is 11.5. The van der Waals surface area contributed by atoms with Crippen LogP contribution in [-0.2, 0) is 11.3 Å². The molecule has 1 aromatic carbocycles. The highest BCUT2D eigenvalue weighted by Gasteiger charge is 2.49. The molecule has 2 amide bonds. The van der Waals surface area contributed by atoms with Crippen LogP contribution in [-0.4, -0.2) is 53.0 Å². The van der Waals surface area contributed by atoms with E-state index in [0.717, 1.165) is 4.90 Å². The Balaban J connectivity index is 1.98. The van der Waals surface area contributed by atoms with E-state index in [1.165, 1.54) is 38.1 Å². The Kier molecular flexibility index (Phi) is 5.26. The molecule has 0 radical (unpaired) electrons. The quantitative estimate of drug-likeness (QED) is 0.869. The lowest BCUT2D eigenvalue weighted by molar-refractivity contribution is -0.267. The Bertz CT molecular complexity index is 644. The molecule has 0 aliphatic carbocycles. The summed E-state index contributed by atoms with van der Waals surface area (Å²) in [6, 6.07) is 5.22. The number of nitrogens with zero attached hydrogens (tertiary/aromatic N) is 1. The molecule has 25 heavy (non-hydrogen) atoms. The number of alkyl halides is 3. The van der Waals surface area contributed by atoms with E-state index in [0.29, 0.717) is 5.56 Å². The molecule has 1 atom stereocenters. The molecule has 1 aliphatic rings. The van der Waals surface area contributed by atoms with Crippen molar-refractivity contribution in [3.05, 3.63) is 35.4 Å². The van der Waals surface area contributed by atoms with E-state index in [1.54, 1.807) is 0 Å². The molecule has 1 saturated heterocycles. The molecule has 6 nitrogen and oxygen atoms in total. The molecule has 1 unspecified atom stereocenters. The van der Waals surface area contributed by atoms with Gasteiger partial charge in [0.05, 0.1) is 24.3 Å². The SMILES string of the molecule is CC1(C)CN(C(=O)NCc2ccc(C(=O)O)cc2)CC(C(F)(F)F)O1. The zero-order valence-electron chi connectivity index (χ0n) is 13.8. The molecule has 2 N–H and O–H groups in total. The van der Waals surface area contributed by atoms with Gasteiger partial charge in [-0.1, -0.05) is 12.1 Å². The van der Waals surface area contributed by atoms with Crippen LogP contribution < -0.4 is 5.32 Å². The maximum atomic E-state index is 12.9. The van der Waals surface area contributed by atoms with Gasteiger partial charge >= 0.3 is 18.2 Å². The van der Waals surface area contributed by atoms with E-state index in [2.05, 4.69) is 5.32 Å². The summed E-state index contributed by atoms with van der Waals surface area (Å²) < 4.78 is 43.8. The number of carbonyl (C=O) groups excluding carboxylic acids is 1. The van der Waals surface area contributed by atoms with Crippen molar-refractivity contribution in [1.82, 2.24) is 10.2 Å². The maximum Gasteiger partial charge on any atom is 0.416 e. The van der Waals surface area contributed by atoms with E-state index in [9.17, 15) is 22.8 Å². The van der Waals surface area contributed by atoms with E-state index in [1.807, 2.05) is 0 Å². The fourth-order valence-electron chi connectivity index (χ4n) is 2.56. The number of carboxylic acid groups (broad SMARTS) is 1. The molecule has 2 rings (SSSR count). The summed E-state index contributed by atoms with van der Waals surface area (Å²) in [5.74, 6) is -1.07. The lowest BCUT2D eigenvalue weighted by Gasteiger charge is -2.43. The number of nitrogens with one attached hydrogen (secondary N) is 1. The Morgan fingerprint density at radius 2 is 1.92 bits per heavy atom. The number of carbonyl (C=O) groups is 2. The van der Waals surface area contributed by atoms with Crippen molar-refractivity contribution in [2.45, 2.75) is 38.3 Å². The second kappa shape index (κ2) is 6.91. The molecule has 1 heterocycles. The van der Waals surface area contributed by atoms with Gasteiger partial charge in [-0.15, -0.1) is 0 Å². The Morgan fingerprint density at radius 3 is 2.44 bits per heavy atom. The first-order valence-electron chi connectivity index (χ1n) is 7.57. The van der Waals surface area contributed by atoms with Crippen LogP contribution in [0.3, 0.4) is 0 Å². The predicted molar refractivity (Wildman–Crippen MR) is 82.2 cm³/mol. The molecule has 0 bridgehead atoms. The van der Waals surface area contributed by atoms with E-state index in [-0.39, 0.29) is 18.7 Å². The summed E-state index contributed by atoms with van der Waals surface area (Å²) in [6.07, 6.45) is -6.58. The van der Waals surface area contributed by atoms with Gasteiger partial charge < -0.3 is 20.1 Å². The number of carboxylic acids is 1.